The van der Waals surface area contributed by atoms with Crippen LogP contribution in [-0.2, 0) is 0 Å². The molecule has 1 N–H and O–H groups in total. The number of carbonyl (C=O) groups is 2. The van der Waals surface area contributed by atoms with E-state index in [9.17, 15) is 9.59 Å². The Hall–Kier alpha value is -4.73. The first-order valence-corrected chi connectivity index (χ1v) is 11.2. The van der Waals surface area contributed by atoms with Crippen LogP contribution in [0.25, 0.3) is 0 Å². The Morgan fingerprint density at radius 1 is 0.730 bits per heavy atom. The molecule has 0 spiro atoms. The van der Waals surface area contributed by atoms with Gasteiger partial charge < -0.3 is 28.4 Å². The van der Waals surface area contributed by atoms with Crippen LogP contribution < -0.4 is 33.8 Å². The number of benzene rings is 3. The van der Waals surface area contributed by atoms with Crippen molar-refractivity contribution in [2.24, 2.45) is 5.10 Å². The molecule has 0 saturated carbocycles. The minimum absolute atomic E-state index is 0.230. The van der Waals surface area contributed by atoms with Crippen molar-refractivity contribution in [2.75, 3.05) is 35.0 Å². The van der Waals surface area contributed by atoms with Crippen LogP contribution in [0, 0.1) is 0 Å². The van der Waals surface area contributed by atoms with Crippen molar-refractivity contribution in [1.82, 2.24) is 5.43 Å². The zero-order valence-corrected chi connectivity index (χ0v) is 21.2. The molecule has 10 nitrogen and oxygen atoms in total. The van der Waals surface area contributed by atoms with Crippen molar-refractivity contribution >= 4 is 18.1 Å². The van der Waals surface area contributed by atoms with Gasteiger partial charge in [-0.25, -0.2) is 10.2 Å². The Labute approximate surface area is 214 Å². The second kappa shape index (κ2) is 12.8. The van der Waals surface area contributed by atoms with Crippen LogP contribution in [0.3, 0.4) is 0 Å². The summed E-state index contributed by atoms with van der Waals surface area (Å²) >= 11 is 0. The fraction of sp³-hybridized carbons (Fsp3) is 0.222. The predicted molar refractivity (Wildman–Crippen MR) is 137 cm³/mol. The zero-order chi connectivity index (χ0) is 26.8. The smallest absolute Gasteiger partial charge is 0.343 e. The third-order valence-corrected chi connectivity index (χ3v) is 5.11. The maximum Gasteiger partial charge on any atom is 0.343 e. The molecule has 10 heteroatoms. The fourth-order valence-corrected chi connectivity index (χ4v) is 3.29. The van der Waals surface area contributed by atoms with E-state index < -0.39 is 11.9 Å². The molecule has 0 heterocycles. The lowest BCUT2D eigenvalue weighted by Gasteiger charge is -2.12. The van der Waals surface area contributed by atoms with Gasteiger partial charge in [0.1, 0.15) is 0 Å². The highest BCUT2D eigenvalue weighted by Gasteiger charge is 2.16. The van der Waals surface area contributed by atoms with Crippen LogP contribution in [0.2, 0.25) is 0 Å². The van der Waals surface area contributed by atoms with Crippen LogP contribution in [-0.4, -0.2) is 53.1 Å². The van der Waals surface area contributed by atoms with E-state index in [0.717, 1.165) is 0 Å². The van der Waals surface area contributed by atoms with E-state index in [-0.39, 0.29) is 11.3 Å². The molecule has 0 bridgehead atoms. The molecule has 1 amide bonds. The monoisotopic (exact) mass is 508 g/mol. The normalized spacial score (nSPS) is 10.5. The number of methoxy groups -OCH3 is 4. The molecule has 0 aliphatic rings. The Balaban J connectivity index is 1.72. The largest absolute Gasteiger partial charge is 0.493 e. The molecule has 0 aliphatic heterocycles. The van der Waals surface area contributed by atoms with E-state index in [1.54, 1.807) is 48.5 Å². The summed E-state index contributed by atoms with van der Waals surface area (Å²) in [7, 11) is 6.00. The van der Waals surface area contributed by atoms with E-state index in [1.807, 2.05) is 6.92 Å². The van der Waals surface area contributed by atoms with Gasteiger partial charge in [-0.3, -0.25) is 4.79 Å². The summed E-state index contributed by atoms with van der Waals surface area (Å²) in [6.45, 7) is 2.15. The number of hydrazone groups is 1. The quantitative estimate of drug-likeness (QED) is 0.178. The molecule has 0 aliphatic carbocycles. The maximum absolute atomic E-state index is 12.7. The standard InChI is InChI=1S/C27H28N2O8/c1-6-36-25-13-17(16-28-29-26(30)18-8-11-20(32-2)23(14-18)34-4)7-10-22(25)37-27(31)19-9-12-21(33-3)24(15-19)35-5/h7-16H,6H2,1-5H3,(H,29,30). The second-order valence-electron chi connectivity index (χ2n) is 7.37. The number of amides is 1. The number of esters is 1. The Kier molecular flexibility index (Phi) is 9.31. The van der Waals surface area contributed by atoms with Gasteiger partial charge in [-0.05, 0) is 67.1 Å². The average Bonchev–Trinajstić information content (AvgIpc) is 2.93. The molecular weight excluding hydrogens is 480 g/mol. The van der Waals surface area contributed by atoms with Gasteiger partial charge >= 0.3 is 5.97 Å². The summed E-state index contributed by atoms with van der Waals surface area (Å²) in [5, 5.41) is 4.01. The van der Waals surface area contributed by atoms with Gasteiger partial charge in [-0.1, -0.05) is 0 Å². The molecule has 3 rings (SSSR count). The molecule has 194 valence electrons. The number of nitrogens with one attached hydrogen (secondary N) is 1. The van der Waals surface area contributed by atoms with Gasteiger partial charge in [0.25, 0.3) is 5.91 Å². The van der Waals surface area contributed by atoms with Crippen molar-refractivity contribution < 1.29 is 38.0 Å². The highest BCUT2D eigenvalue weighted by molar-refractivity contribution is 5.95. The van der Waals surface area contributed by atoms with Gasteiger partial charge in [0, 0.05) is 5.56 Å². The zero-order valence-electron chi connectivity index (χ0n) is 21.2. The van der Waals surface area contributed by atoms with Crippen molar-refractivity contribution in [3.63, 3.8) is 0 Å². The van der Waals surface area contributed by atoms with Crippen LogP contribution in [0.15, 0.2) is 59.7 Å². The summed E-state index contributed by atoms with van der Waals surface area (Å²) in [6.07, 6.45) is 1.45. The van der Waals surface area contributed by atoms with Crippen molar-refractivity contribution in [2.45, 2.75) is 6.92 Å². The van der Waals surface area contributed by atoms with Gasteiger partial charge in [-0.15, -0.1) is 0 Å². The molecular formula is C27H28N2O8. The Morgan fingerprint density at radius 2 is 1.30 bits per heavy atom. The fourth-order valence-electron chi connectivity index (χ4n) is 3.29. The first kappa shape index (κ1) is 26.9. The minimum Gasteiger partial charge on any atom is -0.493 e. The number of hydrogen-bond donors (Lipinski definition) is 1. The van der Waals surface area contributed by atoms with Crippen LogP contribution in [0.4, 0.5) is 0 Å². The van der Waals surface area contributed by atoms with Crippen molar-refractivity contribution in [3.8, 4) is 34.5 Å². The lowest BCUT2D eigenvalue weighted by atomic mass is 10.2. The molecule has 3 aromatic carbocycles. The minimum atomic E-state index is -0.592. The van der Waals surface area contributed by atoms with Crippen LogP contribution >= 0.6 is 0 Å². The Bertz CT molecular complexity index is 1290. The van der Waals surface area contributed by atoms with E-state index >= 15 is 0 Å². The first-order valence-electron chi connectivity index (χ1n) is 11.2. The topological polar surface area (TPSA) is 114 Å². The third-order valence-electron chi connectivity index (χ3n) is 5.11. The van der Waals surface area contributed by atoms with E-state index in [1.165, 1.54) is 40.7 Å². The van der Waals surface area contributed by atoms with Gasteiger partial charge in [0.05, 0.1) is 46.8 Å². The molecule has 0 unspecified atom stereocenters. The van der Waals surface area contributed by atoms with Gasteiger partial charge in [0.2, 0.25) is 0 Å². The summed E-state index contributed by atoms with van der Waals surface area (Å²) in [4.78, 5) is 25.2. The lowest BCUT2D eigenvalue weighted by Crippen LogP contribution is -2.17. The van der Waals surface area contributed by atoms with Crippen molar-refractivity contribution in [3.05, 3.63) is 71.3 Å². The maximum atomic E-state index is 12.7. The summed E-state index contributed by atoms with van der Waals surface area (Å²) in [6, 6.07) is 14.4. The number of rotatable bonds is 11. The Morgan fingerprint density at radius 3 is 1.89 bits per heavy atom. The van der Waals surface area contributed by atoms with Gasteiger partial charge in [-0.2, -0.15) is 5.10 Å². The molecule has 3 aromatic rings. The number of hydrogen-bond acceptors (Lipinski definition) is 9. The predicted octanol–water partition coefficient (Wildman–Crippen LogP) is 4.10. The van der Waals surface area contributed by atoms with Crippen molar-refractivity contribution in [1.29, 1.82) is 0 Å². The number of carbonyl (C=O) groups excluding carboxylic acids is 2. The summed E-state index contributed by atoms with van der Waals surface area (Å²) in [5.74, 6) is 1.39. The third kappa shape index (κ3) is 6.69. The van der Waals surface area contributed by atoms with E-state index in [0.29, 0.717) is 46.5 Å². The second-order valence-corrected chi connectivity index (χ2v) is 7.37. The molecule has 0 aromatic heterocycles. The van der Waals surface area contributed by atoms with Gasteiger partial charge in [0.15, 0.2) is 34.5 Å². The lowest BCUT2D eigenvalue weighted by molar-refractivity contribution is 0.0727. The van der Waals surface area contributed by atoms with Crippen LogP contribution in [0.5, 0.6) is 34.5 Å². The summed E-state index contributed by atoms with van der Waals surface area (Å²) < 4.78 is 32.0. The number of nitrogens with zero attached hydrogens (tertiary/aromatic N) is 1. The molecule has 0 saturated heterocycles. The first-order chi connectivity index (χ1) is 17.9. The number of ether oxygens (including phenoxy) is 6. The van der Waals surface area contributed by atoms with Crippen LogP contribution in [0.1, 0.15) is 33.2 Å². The molecule has 0 atom stereocenters. The summed E-state index contributed by atoms with van der Waals surface area (Å²) in [5.41, 5.74) is 3.71. The van der Waals surface area contributed by atoms with E-state index in [2.05, 4.69) is 10.5 Å². The molecule has 0 fully saturated rings. The SMILES string of the molecule is CCOc1cc(C=NNC(=O)c2ccc(OC)c(OC)c2)ccc1OC(=O)c1ccc(OC)c(OC)c1. The highest BCUT2D eigenvalue weighted by Crippen LogP contribution is 2.31. The highest BCUT2D eigenvalue weighted by atomic mass is 16.6. The molecule has 37 heavy (non-hydrogen) atoms. The van der Waals surface area contributed by atoms with E-state index in [4.69, 9.17) is 28.4 Å². The molecule has 0 radical (unpaired) electrons. The average molecular weight is 509 g/mol.